The summed E-state index contributed by atoms with van der Waals surface area (Å²) in [5.41, 5.74) is 8.86. The minimum Gasteiger partial charge on any atom is -0.456 e. The second kappa shape index (κ2) is 12.6. The Kier molecular flexibility index (Phi) is 7.14. The van der Waals surface area contributed by atoms with Gasteiger partial charge in [0.1, 0.15) is 11.2 Å². The summed E-state index contributed by atoms with van der Waals surface area (Å²) < 4.78 is 6.52. The van der Waals surface area contributed by atoms with Crippen molar-refractivity contribution >= 4 is 54.3 Å². The summed E-state index contributed by atoms with van der Waals surface area (Å²) in [6.07, 6.45) is 0. The molecule has 9 aromatic carbocycles. The number of furan rings is 1. The SMILES string of the molecule is c1ccc(-c2cccc(-c3nc(-c4ccc5c(c4)oc4cccc(-c6ccccc6)c45)nc(-c4ccc5c6ccccc6c6ccccc6c5c4)n3)c2)cc1. The molecule has 4 nitrogen and oxygen atoms in total. The summed E-state index contributed by atoms with van der Waals surface area (Å²) in [6.45, 7) is 0. The lowest BCUT2D eigenvalue weighted by Gasteiger charge is -2.13. The molecule has 0 saturated heterocycles. The molecular formula is C51H31N3O. The smallest absolute Gasteiger partial charge is 0.164 e. The van der Waals surface area contributed by atoms with Gasteiger partial charge in [0.25, 0.3) is 0 Å². The van der Waals surface area contributed by atoms with Crippen LogP contribution in [0, 0.1) is 0 Å². The summed E-state index contributed by atoms with van der Waals surface area (Å²) in [6, 6.07) is 65.7. The Morgan fingerprint density at radius 2 is 0.745 bits per heavy atom. The molecule has 4 heteroatoms. The fraction of sp³-hybridized carbons (Fsp3) is 0. The van der Waals surface area contributed by atoms with Crippen LogP contribution < -0.4 is 0 Å². The molecule has 11 aromatic rings. The molecule has 0 radical (unpaired) electrons. The number of hydrogen-bond donors (Lipinski definition) is 0. The molecule has 11 rings (SSSR count). The van der Waals surface area contributed by atoms with Crippen molar-refractivity contribution < 1.29 is 4.42 Å². The molecule has 256 valence electrons. The van der Waals surface area contributed by atoms with E-state index in [9.17, 15) is 0 Å². The number of benzene rings is 9. The third-order valence-corrected chi connectivity index (χ3v) is 10.7. The molecule has 0 N–H and O–H groups in total. The van der Waals surface area contributed by atoms with Crippen LogP contribution in [0.5, 0.6) is 0 Å². The third-order valence-electron chi connectivity index (χ3n) is 10.7. The molecule has 0 spiro atoms. The molecule has 0 aliphatic rings. The molecule has 0 bridgehead atoms. The highest BCUT2D eigenvalue weighted by atomic mass is 16.3. The van der Waals surface area contributed by atoms with Crippen LogP contribution in [0.2, 0.25) is 0 Å². The third kappa shape index (κ3) is 5.26. The monoisotopic (exact) mass is 701 g/mol. The van der Waals surface area contributed by atoms with E-state index in [4.69, 9.17) is 19.4 Å². The summed E-state index contributed by atoms with van der Waals surface area (Å²) in [5, 5.41) is 9.43. The summed E-state index contributed by atoms with van der Waals surface area (Å²) in [7, 11) is 0. The van der Waals surface area contributed by atoms with Crippen molar-refractivity contribution in [3.63, 3.8) is 0 Å². The largest absolute Gasteiger partial charge is 0.456 e. The Hall–Kier alpha value is -7.43. The Labute approximate surface area is 317 Å². The normalized spacial score (nSPS) is 11.6. The lowest BCUT2D eigenvalue weighted by molar-refractivity contribution is 0.669. The van der Waals surface area contributed by atoms with Crippen LogP contribution in [0.25, 0.3) is 111 Å². The van der Waals surface area contributed by atoms with Crippen LogP contribution in [-0.2, 0) is 0 Å². The lowest BCUT2D eigenvalue weighted by Crippen LogP contribution is -2.00. The minimum atomic E-state index is 0.583. The molecule has 0 atom stereocenters. The van der Waals surface area contributed by atoms with Crippen LogP contribution in [0.3, 0.4) is 0 Å². The molecule has 0 unspecified atom stereocenters. The number of hydrogen-bond acceptors (Lipinski definition) is 4. The highest BCUT2D eigenvalue weighted by molar-refractivity contribution is 6.25. The minimum absolute atomic E-state index is 0.583. The van der Waals surface area contributed by atoms with Gasteiger partial charge in [-0.25, -0.2) is 15.0 Å². The predicted octanol–water partition coefficient (Wildman–Crippen LogP) is 13.6. The van der Waals surface area contributed by atoms with Crippen LogP contribution in [-0.4, -0.2) is 15.0 Å². The zero-order chi connectivity index (χ0) is 36.3. The Bertz CT molecular complexity index is 3220. The van der Waals surface area contributed by atoms with E-state index in [-0.39, 0.29) is 0 Å². The van der Waals surface area contributed by atoms with Gasteiger partial charge in [-0.3, -0.25) is 0 Å². The van der Waals surface area contributed by atoms with Crippen LogP contribution in [0.1, 0.15) is 0 Å². The Morgan fingerprint density at radius 1 is 0.273 bits per heavy atom. The van der Waals surface area contributed by atoms with Gasteiger partial charge in [-0.15, -0.1) is 0 Å². The first-order valence-corrected chi connectivity index (χ1v) is 18.5. The maximum atomic E-state index is 6.52. The molecule has 0 fully saturated rings. The average Bonchev–Trinajstić information content (AvgIpc) is 3.65. The van der Waals surface area contributed by atoms with Gasteiger partial charge in [-0.2, -0.15) is 0 Å². The molecule has 0 aliphatic carbocycles. The van der Waals surface area contributed by atoms with E-state index in [0.717, 1.165) is 60.9 Å². The maximum Gasteiger partial charge on any atom is 0.164 e. The van der Waals surface area contributed by atoms with Gasteiger partial charge in [-0.1, -0.05) is 158 Å². The van der Waals surface area contributed by atoms with E-state index in [1.165, 1.54) is 32.3 Å². The van der Waals surface area contributed by atoms with Gasteiger partial charge >= 0.3 is 0 Å². The highest BCUT2D eigenvalue weighted by Crippen LogP contribution is 2.40. The number of aromatic nitrogens is 3. The second-order valence-corrected chi connectivity index (χ2v) is 14.0. The Balaban J connectivity index is 1.12. The zero-order valence-electron chi connectivity index (χ0n) is 29.6. The first-order valence-electron chi connectivity index (χ1n) is 18.5. The molecule has 0 aliphatic heterocycles. The average molecular weight is 702 g/mol. The lowest BCUT2D eigenvalue weighted by atomic mass is 9.93. The van der Waals surface area contributed by atoms with Crippen molar-refractivity contribution in [1.29, 1.82) is 0 Å². The fourth-order valence-corrected chi connectivity index (χ4v) is 8.10. The van der Waals surface area contributed by atoms with Gasteiger partial charge in [-0.05, 0) is 84.9 Å². The molecule has 55 heavy (non-hydrogen) atoms. The quantitative estimate of drug-likeness (QED) is 0.168. The van der Waals surface area contributed by atoms with Crippen molar-refractivity contribution in [2.45, 2.75) is 0 Å². The van der Waals surface area contributed by atoms with Gasteiger partial charge in [0, 0.05) is 27.5 Å². The van der Waals surface area contributed by atoms with Crippen molar-refractivity contribution in [2.24, 2.45) is 0 Å². The molecule has 2 heterocycles. The van der Waals surface area contributed by atoms with E-state index in [1.807, 2.05) is 18.2 Å². The fourth-order valence-electron chi connectivity index (χ4n) is 8.10. The van der Waals surface area contributed by atoms with Crippen molar-refractivity contribution in [1.82, 2.24) is 15.0 Å². The molecule has 0 amide bonds. The zero-order valence-corrected chi connectivity index (χ0v) is 29.6. The van der Waals surface area contributed by atoms with Gasteiger partial charge < -0.3 is 4.42 Å². The standard InChI is InChI=1S/C51H31N3O/c1-3-13-32(14-4-1)34-17-11-18-35(29-34)49-52-50(36-25-27-43-41-21-8-7-19-39(41)40-20-9-10-22-42(40)45(43)30-36)54-51(53-49)37-26-28-44-47(31-37)55-46-24-12-23-38(48(44)46)33-15-5-2-6-16-33/h1-31H. The van der Waals surface area contributed by atoms with E-state index in [1.54, 1.807) is 0 Å². The Morgan fingerprint density at radius 3 is 1.40 bits per heavy atom. The molecule has 0 saturated carbocycles. The van der Waals surface area contributed by atoms with Crippen LogP contribution in [0.4, 0.5) is 0 Å². The predicted molar refractivity (Wildman–Crippen MR) is 227 cm³/mol. The highest BCUT2D eigenvalue weighted by Gasteiger charge is 2.18. The summed E-state index contributed by atoms with van der Waals surface area (Å²) >= 11 is 0. The van der Waals surface area contributed by atoms with E-state index in [0.29, 0.717) is 17.5 Å². The molecule has 2 aromatic heterocycles. The van der Waals surface area contributed by atoms with Crippen molar-refractivity contribution in [3.8, 4) is 56.4 Å². The maximum absolute atomic E-state index is 6.52. The topological polar surface area (TPSA) is 51.8 Å². The summed E-state index contributed by atoms with van der Waals surface area (Å²) in [5.74, 6) is 1.80. The number of fused-ring (bicyclic) bond motifs is 9. The van der Waals surface area contributed by atoms with Gasteiger partial charge in [0.15, 0.2) is 17.5 Å². The van der Waals surface area contributed by atoms with E-state index >= 15 is 0 Å². The van der Waals surface area contributed by atoms with Crippen molar-refractivity contribution in [2.75, 3.05) is 0 Å². The number of nitrogens with zero attached hydrogens (tertiary/aromatic N) is 3. The van der Waals surface area contributed by atoms with Gasteiger partial charge in [0.05, 0.1) is 0 Å². The molecular weight excluding hydrogens is 671 g/mol. The van der Waals surface area contributed by atoms with Crippen LogP contribution >= 0.6 is 0 Å². The van der Waals surface area contributed by atoms with Gasteiger partial charge in [0.2, 0.25) is 0 Å². The first kappa shape index (κ1) is 31.1. The number of rotatable bonds is 5. The summed E-state index contributed by atoms with van der Waals surface area (Å²) in [4.78, 5) is 15.5. The van der Waals surface area contributed by atoms with E-state index < -0.39 is 0 Å². The van der Waals surface area contributed by atoms with Crippen LogP contribution in [0.15, 0.2) is 192 Å². The van der Waals surface area contributed by atoms with Crippen molar-refractivity contribution in [3.05, 3.63) is 188 Å². The second-order valence-electron chi connectivity index (χ2n) is 14.0. The van der Waals surface area contributed by atoms with E-state index in [2.05, 4.69) is 170 Å². The first-order chi connectivity index (χ1) is 27.2.